The molecule has 0 amide bonds. The lowest BCUT2D eigenvalue weighted by Crippen LogP contribution is -2.18. The molecule has 2 aromatic rings. The zero-order valence-corrected chi connectivity index (χ0v) is 9.92. The molecule has 1 N–H and O–H groups in total. The number of aromatic nitrogens is 2. The Balaban J connectivity index is 2.09. The molecule has 0 fully saturated rings. The molecule has 0 bridgehead atoms. The maximum Gasteiger partial charge on any atom is 0.151 e. The van der Waals surface area contributed by atoms with Gasteiger partial charge in [-0.05, 0) is 25.1 Å². The molecule has 0 aliphatic heterocycles. The highest BCUT2D eigenvalue weighted by Gasteiger charge is 2.07. The van der Waals surface area contributed by atoms with Gasteiger partial charge in [0.25, 0.3) is 0 Å². The summed E-state index contributed by atoms with van der Waals surface area (Å²) in [5.41, 5.74) is 1.70. The van der Waals surface area contributed by atoms with Crippen molar-refractivity contribution in [2.75, 3.05) is 11.9 Å². The summed E-state index contributed by atoms with van der Waals surface area (Å²) < 4.78 is 5.24. The van der Waals surface area contributed by atoms with Gasteiger partial charge in [-0.1, -0.05) is 0 Å². The number of aliphatic hydroxyl groups excluding tert-OH is 1. The summed E-state index contributed by atoms with van der Waals surface area (Å²) >= 11 is 0. The van der Waals surface area contributed by atoms with Crippen LogP contribution in [-0.4, -0.2) is 22.4 Å². The quantitative estimate of drug-likeness (QED) is 0.867. The van der Waals surface area contributed by atoms with Crippen LogP contribution in [0.15, 0.2) is 28.9 Å². The molecule has 0 atom stereocenters. The van der Waals surface area contributed by atoms with Crippen molar-refractivity contribution < 1.29 is 9.52 Å². The second kappa shape index (κ2) is 4.97. The molecule has 5 nitrogen and oxygen atoms in total. The van der Waals surface area contributed by atoms with E-state index in [9.17, 15) is 0 Å². The summed E-state index contributed by atoms with van der Waals surface area (Å²) in [5.74, 6) is 1.68. The molecule has 2 aromatic heterocycles. The number of rotatable bonds is 4. The highest BCUT2D eigenvalue weighted by Crippen LogP contribution is 2.15. The summed E-state index contributed by atoms with van der Waals surface area (Å²) in [6, 6.07) is 5.55. The highest BCUT2D eigenvalue weighted by molar-refractivity contribution is 5.37. The van der Waals surface area contributed by atoms with Crippen LogP contribution in [0.5, 0.6) is 0 Å². The first kappa shape index (κ1) is 11.6. The van der Waals surface area contributed by atoms with Gasteiger partial charge in [-0.2, -0.15) is 5.10 Å². The Morgan fingerprint density at radius 2 is 2.12 bits per heavy atom. The summed E-state index contributed by atoms with van der Waals surface area (Å²) in [6.45, 7) is 2.57. The summed E-state index contributed by atoms with van der Waals surface area (Å²) in [7, 11) is 1.94. The second-order valence-electron chi connectivity index (χ2n) is 3.90. The molecule has 0 saturated carbocycles. The van der Waals surface area contributed by atoms with Gasteiger partial charge in [0.1, 0.15) is 5.76 Å². The molecule has 0 aromatic carbocycles. The van der Waals surface area contributed by atoms with Crippen LogP contribution in [0.1, 0.15) is 17.0 Å². The summed E-state index contributed by atoms with van der Waals surface area (Å²) in [5, 5.41) is 16.8. The standard InChI is InChI=1S/C12H15N3O2/c1-9-10(5-6-17-9)7-15(2)12-4-3-11(8-16)13-14-12/h3-6,16H,7-8H2,1-2H3. The first-order valence-corrected chi connectivity index (χ1v) is 5.38. The fourth-order valence-electron chi connectivity index (χ4n) is 1.55. The first-order valence-electron chi connectivity index (χ1n) is 5.38. The van der Waals surface area contributed by atoms with Crippen molar-refractivity contribution >= 4 is 5.82 Å². The van der Waals surface area contributed by atoms with E-state index in [1.165, 1.54) is 0 Å². The Kier molecular flexibility index (Phi) is 3.39. The van der Waals surface area contributed by atoms with Gasteiger partial charge < -0.3 is 14.4 Å². The van der Waals surface area contributed by atoms with Crippen molar-refractivity contribution in [1.82, 2.24) is 10.2 Å². The molecule has 0 saturated heterocycles. The van der Waals surface area contributed by atoms with E-state index in [0.717, 1.165) is 23.7 Å². The van der Waals surface area contributed by atoms with Gasteiger partial charge in [-0.25, -0.2) is 0 Å². The average molecular weight is 233 g/mol. The molecular weight excluding hydrogens is 218 g/mol. The maximum absolute atomic E-state index is 8.88. The number of aliphatic hydroxyl groups is 1. The highest BCUT2D eigenvalue weighted by atomic mass is 16.3. The van der Waals surface area contributed by atoms with Crippen molar-refractivity contribution in [3.8, 4) is 0 Å². The Hall–Kier alpha value is -1.88. The van der Waals surface area contributed by atoms with Gasteiger partial charge in [0.2, 0.25) is 0 Å². The molecule has 90 valence electrons. The van der Waals surface area contributed by atoms with Crippen LogP contribution in [0.25, 0.3) is 0 Å². The van der Waals surface area contributed by atoms with E-state index in [2.05, 4.69) is 10.2 Å². The Morgan fingerprint density at radius 3 is 2.65 bits per heavy atom. The van der Waals surface area contributed by atoms with E-state index in [1.807, 2.05) is 31.0 Å². The predicted molar refractivity (Wildman–Crippen MR) is 63.5 cm³/mol. The van der Waals surface area contributed by atoms with Gasteiger partial charge >= 0.3 is 0 Å². The molecule has 0 unspecified atom stereocenters. The average Bonchev–Trinajstić information content (AvgIpc) is 2.75. The van der Waals surface area contributed by atoms with Crippen LogP contribution in [0.4, 0.5) is 5.82 Å². The minimum atomic E-state index is -0.0855. The molecule has 2 heterocycles. The lowest BCUT2D eigenvalue weighted by Gasteiger charge is -2.16. The van der Waals surface area contributed by atoms with Crippen LogP contribution in [-0.2, 0) is 13.2 Å². The maximum atomic E-state index is 8.88. The normalized spacial score (nSPS) is 10.5. The number of anilines is 1. The van der Waals surface area contributed by atoms with Gasteiger partial charge in [-0.15, -0.1) is 5.10 Å². The van der Waals surface area contributed by atoms with Crippen molar-refractivity contribution in [3.63, 3.8) is 0 Å². The van der Waals surface area contributed by atoms with Crippen LogP contribution in [0, 0.1) is 6.92 Å². The van der Waals surface area contributed by atoms with Crippen molar-refractivity contribution in [2.45, 2.75) is 20.1 Å². The van der Waals surface area contributed by atoms with E-state index >= 15 is 0 Å². The third kappa shape index (κ3) is 2.62. The van der Waals surface area contributed by atoms with Gasteiger partial charge in [0.15, 0.2) is 5.82 Å². The lowest BCUT2D eigenvalue weighted by atomic mass is 10.2. The van der Waals surface area contributed by atoms with Crippen molar-refractivity contribution in [1.29, 1.82) is 0 Å². The Bertz CT molecular complexity index is 479. The SMILES string of the molecule is Cc1occc1CN(C)c1ccc(CO)nn1. The zero-order chi connectivity index (χ0) is 12.3. The van der Waals surface area contributed by atoms with Crippen LogP contribution in [0.2, 0.25) is 0 Å². The molecule has 17 heavy (non-hydrogen) atoms. The molecule has 0 spiro atoms. The number of furan rings is 1. The van der Waals surface area contributed by atoms with Crippen molar-refractivity contribution in [3.05, 3.63) is 41.5 Å². The topological polar surface area (TPSA) is 62.4 Å². The third-order valence-corrected chi connectivity index (χ3v) is 2.63. The van der Waals surface area contributed by atoms with E-state index in [1.54, 1.807) is 12.3 Å². The fraction of sp³-hybridized carbons (Fsp3) is 0.333. The van der Waals surface area contributed by atoms with E-state index < -0.39 is 0 Å². The molecule has 0 aliphatic carbocycles. The second-order valence-corrected chi connectivity index (χ2v) is 3.90. The Labute approximate surface area is 99.7 Å². The fourth-order valence-corrected chi connectivity index (χ4v) is 1.55. The van der Waals surface area contributed by atoms with Crippen LogP contribution < -0.4 is 4.90 Å². The summed E-state index contributed by atoms with van der Waals surface area (Å²) in [6.07, 6.45) is 1.68. The lowest BCUT2D eigenvalue weighted by molar-refractivity contribution is 0.275. The van der Waals surface area contributed by atoms with Gasteiger partial charge in [-0.3, -0.25) is 0 Å². The third-order valence-electron chi connectivity index (χ3n) is 2.63. The molecular formula is C12H15N3O2. The number of aryl methyl sites for hydroxylation is 1. The van der Waals surface area contributed by atoms with Crippen LogP contribution in [0.3, 0.4) is 0 Å². The van der Waals surface area contributed by atoms with E-state index in [-0.39, 0.29) is 6.61 Å². The monoisotopic (exact) mass is 233 g/mol. The smallest absolute Gasteiger partial charge is 0.151 e. The predicted octanol–water partition coefficient (Wildman–Crippen LogP) is 1.51. The Morgan fingerprint density at radius 1 is 1.29 bits per heavy atom. The van der Waals surface area contributed by atoms with E-state index in [0.29, 0.717) is 5.69 Å². The molecule has 2 rings (SSSR count). The number of hydrogen-bond donors (Lipinski definition) is 1. The number of nitrogens with zero attached hydrogens (tertiary/aromatic N) is 3. The summed E-state index contributed by atoms with van der Waals surface area (Å²) in [4.78, 5) is 1.98. The first-order chi connectivity index (χ1) is 8.20. The van der Waals surface area contributed by atoms with Crippen LogP contribution >= 0.6 is 0 Å². The largest absolute Gasteiger partial charge is 0.469 e. The minimum Gasteiger partial charge on any atom is -0.469 e. The molecule has 0 radical (unpaired) electrons. The van der Waals surface area contributed by atoms with Gasteiger partial charge in [0.05, 0.1) is 18.6 Å². The van der Waals surface area contributed by atoms with Gasteiger partial charge in [0, 0.05) is 19.2 Å². The molecule has 5 heteroatoms. The van der Waals surface area contributed by atoms with E-state index in [4.69, 9.17) is 9.52 Å². The minimum absolute atomic E-state index is 0.0855. The zero-order valence-electron chi connectivity index (χ0n) is 9.92. The molecule has 0 aliphatic rings. The number of hydrogen-bond acceptors (Lipinski definition) is 5. The van der Waals surface area contributed by atoms with Crippen molar-refractivity contribution in [2.24, 2.45) is 0 Å².